The zero-order chi connectivity index (χ0) is 23.5. The lowest BCUT2D eigenvalue weighted by atomic mass is 10.2. The average molecular weight is 442 g/mol. The summed E-state index contributed by atoms with van der Waals surface area (Å²) < 4.78 is 20.4. The molecule has 0 aliphatic heterocycles. The number of amides is 2. The van der Waals surface area contributed by atoms with Gasteiger partial charge in [-0.1, -0.05) is 12.1 Å². The van der Waals surface area contributed by atoms with Crippen LogP contribution < -0.4 is 24.8 Å². The topological polar surface area (TPSA) is 112 Å². The molecular formula is C23H26N2O7. The number of hydrogen-bond acceptors (Lipinski definition) is 7. The molecule has 170 valence electrons. The standard InChI is InChI=1S/C23H26N2O7/c1-15(24-21(26)12-7-16-5-8-17(29-2)9-6-16)23(28)32-14-22(27)25-19-13-18(30-3)10-11-20(19)31-4/h5-13,15H,14H2,1-4H3,(H,24,26)(H,25,27). The van der Waals surface area contributed by atoms with Crippen LogP contribution in [-0.4, -0.2) is 51.8 Å². The highest BCUT2D eigenvalue weighted by Gasteiger charge is 2.18. The van der Waals surface area contributed by atoms with Crippen LogP contribution in [0.3, 0.4) is 0 Å². The number of hydrogen-bond donors (Lipinski definition) is 2. The Kier molecular flexibility index (Phi) is 9.09. The van der Waals surface area contributed by atoms with Gasteiger partial charge in [0.25, 0.3) is 5.91 Å². The summed E-state index contributed by atoms with van der Waals surface area (Å²) in [6.45, 7) is 0.936. The molecule has 0 heterocycles. The molecule has 9 nitrogen and oxygen atoms in total. The van der Waals surface area contributed by atoms with E-state index in [1.165, 1.54) is 27.2 Å². The van der Waals surface area contributed by atoms with Crippen molar-refractivity contribution in [3.05, 3.63) is 54.1 Å². The zero-order valence-corrected chi connectivity index (χ0v) is 18.3. The smallest absolute Gasteiger partial charge is 0.328 e. The van der Waals surface area contributed by atoms with Crippen molar-refractivity contribution in [2.45, 2.75) is 13.0 Å². The molecule has 0 spiro atoms. The first kappa shape index (κ1) is 24.3. The summed E-state index contributed by atoms with van der Waals surface area (Å²) in [4.78, 5) is 36.3. The molecular weight excluding hydrogens is 416 g/mol. The lowest BCUT2D eigenvalue weighted by molar-refractivity contribution is -0.149. The quantitative estimate of drug-likeness (QED) is 0.429. The SMILES string of the molecule is COc1ccc(C=CC(=O)NC(C)C(=O)OCC(=O)Nc2cc(OC)ccc2OC)cc1. The fourth-order valence-corrected chi connectivity index (χ4v) is 2.57. The molecule has 2 amide bonds. The molecule has 1 atom stereocenters. The highest BCUT2D eigenvalue weighted by Crippen LogP contribution is 2.28. The summed E-state index contributed by atoms with van der Waals surface area (Å²) in [6.07, 6.45) is 2.90. The maximum Gasteiger partial charge on any atom is 0.328 e. The maximum atomic E-state index is 12.1. The van der Waals surface area contributed by atoms with Gasteiger partial charge in [-0.2, -0.15) is 0 Å². The van der Waals surface area contributed by atoms with Crippen LogP contribution in [0.5, 0.6) is 17.2 Å². The fourth-order valence-electron chi connectivity index (χ4n) is 2.57. The highest BCUT2D eigenvalue weighted by molar-refractivity contribution is 5.96. The van der Waals surface area contributed by atoms with E-state index in [0.717, 1.165) is 5.56 Å². The number of methoxy groups -OCH3 is 3. The Labute approximate surface area is 186 Å². The first-order valence-electron chi connectivity index (χ1n) is 9.67. The van der Waals surface area contributed by atoms with Crippen LogP contribution in [0.25, 0.3) is 6.08 Å². The van der Waals surface area contributed by atoms with Gasteiger partial charge in [0.05, 0.1) is 27.0 Å². The molecule has 2 aromatic carbocycles. The van der Waals surface area contributed by atoms with E-state index in [1.807, 2.05) is 0 Å². The van der Waals surface area contributed by atoms with Gasteiger partial charge in [0.2, 0.25) is 5.91 Å². The molecule has 0 aliphatic carbocycles. The van der Waals surface area contributed by atoms with Gasteiger partial charge < -0.3 is 29.6 Å². The van der Waals surface area contributed by atoms with E-state index in [9.17, 15) is 14.4 Å². The van der Waals surface area contributed by atoms with Crippen LogP contribution in [0.2, 0.25) is 0 Å². The second-order valence-electron chi connectivity index (χ2n) is 6.56. The second-order valence-corrected chi connectivity index (χ2v) is 6.56. The molecule has 32 heavy (non-hydrogen) atoms. The summed E-state index contributed by atoms with van der Waals surface area (Å²) in [5, 5.41) is 5.08. The molecule has 0 saturated heterocycles. The van der Waals surface area contributed by atoms with Crippen LogP contribution in [0, 0.1) is 0 Å². The van der Waals surface area contributed by atoms with Crippen molar-refractivity contribution >= 4 is 29.5 Å². The highest BCUT2D eigenvalue weighted by atomic mass is 16.5. The minimum absolute atomic E-state index is 0.373. The minimum atomic E-state index is -0.942. The van der Waals surface area contributed by atoms with E-state index in [1.54, 1.807) is 55.7 Å². The Morgan fingerprint density at radius 1 is 0.938 bits per heavy atom. The number of carbonyl (C=O) groups excluding carboxylic acids is 3. The van der Waals surface area contributed by atoms with Gasteiger partial charge in [0.1, 0.15) is 23.3 Å². The van der Waals surface area contributed by atoms with Crippen LogP contribution in [-0.2, 0) is 19.1 Å². The molecule has 0 radical (unpaired) electrons. The molecule has 2 rings (SSSR count). The van der Waals surface area contributed by atoms with Gasteiger partial charge in [-0.05, 0) is 42.8 Å². The summed E-state index contributed by atoms with van der Waals surface area (Å²) in [5.74, 6) is -0.133. The van der Waals surface area contributed by atoms with Crippen molar-refractivity contribution in [1.82, 2.24) is 5.32 Å². The summed E-state index contributed by atoms with van der Waals surface area (Å²) in [6, 6.07) is 11.1. The van der Waals surface area contributed by atoms with E-state index in [4.69, 9.17) is 18.9 Å². The van der Waals surface area contributed by atoms with Gasteiger partial charge in [-0.15, -0.1) is 0 Å². The molecule has 2 aromatic rings. The Bertz CT molecular complexity index is 971. The number of esters is 1. The van der Waals surface area contributed by atoms with E-state index in [0.29, 0.717) is 22.9 Å². The first-order valence-corrected chi connectivity index (χ1v) is 9.67. The normalized spacial score (nSPS) is 11.4. The third-order valence-corrected chi connectivity index (χ3v) is 4.28. The van der Waals surface area contributed by atoms with Crippen molar-refractivity contribution < 1.29 is 33.3 Å². The van der Waals surface area contributed by atoms with E-state index in [-0.39, 0.29) is 0 Å². The summed E-state index contributed by atoms with van der Waals surface area (Å²) in [7, 11) is 4.53. The molecule has 0 saturated carbocycles. The molecule has 0 aliphatic rings. The van der Waals surface area contributed by atoms with Gasteiger partial charge in [-0.3, -0.25) is 9.59 Å². The van der Waals surface area contributed by atoms with Gasteiger partial charge in [0.15, 0.2) is 6.61 Å². The maximum absolute atomic E-state index is 12.1. The monoisotopic (exact) mass is 442 g/mol. The molecule has 0 fully saturated rings. The zero-order valence-electron chi connectivity index (χ0n) is 18.3. The van der Waals surface area contributed by atoms with Gasteiger partial charge in [-0.25, -0.2) is 4.79 Å². The number of carbonyl (C=O) groups is 3. The van der Waals surface area contributed by atoms with E-state index in [2.05, 4.69) is 10.6 Å². The van der Waals surface area contributed by atoms with Crippen LogP contribution >= 0.6 is 0 Å². The Morgan fingerprint density at radius 3 is 2.22 bits per heavy atom. The first-order chi connectivity index (χ1) is 15.4. The Balaban J connectivity index is 1.82. The summed E-state index contributed by atoms with van der Waals surface area (Å²) in [5.41, 5.74) is 1.17. The molecule has 0 bridgehead atoms. The molecule has 9 heteroatoms. The lowest BCUT2D eigenvalue weighted by Crippen LogP contribution is -2.39. The number of benzene rings is 2. The second kappa shape index (κ2) is 12.0. The van der Waals surface area contributed by atoms with Crippen LogP contribution in [0.4, 0.5) is 5.69 Å². The number of nitrogens with one attached hydrogen (secondary N) is 2. The summed E-state index contributed by atoms with van der Waals surface area (Å²) >= 11 is 0. The molecule has 1 unspecified atom stereocenters. The van der Waals surface area contributed by atoms with Gasteiger partial charge in [0, 0.05) is 12.1 Å². The Hall–Kier alpha value is -4.01. The number of anilines is 1. The lowest BCUT2D eigenvalue weighted by Gasteiger charge is -2.14. The van der Waals surface area contributed by atoms with Crippen molar-refractivity contribution in [2.24, 2.45) is 0 Å². The third-order valence-electron chi connectivity index (χ3n) is 4.28. The predicted octanol–water partition coefficient (Wildman–Crippen LogP) is 2.41. The van der Waals surface area contributed by atoms with E-state index >= 15 is 0 Å². The average Bonchev–Trinajstić information content (AvgIpc) is 2.81. The number of rotatable bonds is 10. The Morgan fingerprint density at radius 2 is 1.59 bits per heavy atom. The van der Waals surface area contributed by atoms with Crippen molar-refractivity contribution in [3.63, 3.8) is 0 Å². The predicted molar refractivity (Wildman–Crippen MR) is 119 cm³/mol. The fraction of sp³-hybridized carbons (Fsp3) is 0.261. The minimum Gasteiger partial charge on any atom is -0.497 e. The largest absolute Gasteiger partial charge is 0.497 e. The third kappa shape index (κ3) is 7.35. The van der Waals surface area contributed by atoms with Crippen molar-refractivity contribution in [1.29, 1.82) is 0 Å². The van der Waals surface area contributed by atoms with Crippen LogP contribution in [0.15, 0.2) is 48.5 Å². The van der Waals surface area contributed by atoms with Crippen molar-refractivity contribution in [2.75, 3.05) is 33.3 Å². The van der Waals surface area contributed by atoms with Crippen LogP contribution in [0.1, 0.15) is 12.5 Å². The van der Waals surface area contributed by atoms with Crippen molar-refractivity contribution in [3.8, 4) is 17.2 Å². The molecule has 0 aromatic heterocycles. The number of ether oxygens (including phenoxy) is 4. The van der Waals surface area contributed by atoms with Gasteiger partial charge >= 0.3 is 5.97 Å². The molecule has 2 N–H and O–H groups in total. The van der Waals surface area contributed by atoms with E-state index < -0.39 is 30.4 Å².